The molecule has 0 saturated heterocycles. The van der Waals surface area contributed by atoms with Crippen LogP contribution in [0.5, 0.6) is 5.75 Å². The number of hydrogen-bond donors (Lipinski definition) is 2. The van der Waals surface area contributed by atoms with Crippen molar-refractivity contribution in [2.75, 3.05) is 12.3 Å². The van der Waals surface area contributed by atoms with Gasteiger partial charge < -0.3 is 15.5 Å². The number of nitrogens with one attached hydrogen (secondary N) is 1. The van der Waals surface area contributed by atoms with Gasteiger partial charge in [0.15, 0.2) is 0 Å². The van der Waals surface area contributed by atoms with Gasteiger partial charge in [-0.1, -0.05) is 0 Å². The lowest BCUT2D eigenvalue weighted by molar-refractivity contribution is 0.340. The summed E-state index contributed by atoms with van der Waals surface area (Å²) in [5, 5.41) is 0.386. The smallest absolute Gasteiger partial charge is 0.202 e. The van der Waals surface area contributed by atoms with Crippen molar-refractivity contribution in [2.45, 2.75) is 23.9 Å². The third-order valence-corrected chi connectivity index (χ3v) is 4.70. The first kappa shape index (κ1) is 14.5. The van der Waals surface area contributed by atoms with E-state index in [4.69, 9.17) is 10.5 Å². The summed E-state index contributed by atoms with van der Waals surface area (Å²) >= 11 is 0. The average molecular weight is 316 g/mol. The quantitative estimate of drug-likeness (QED) is 0.771. The molecule has 3 aromatic rings. The van der Waals surface area contributed by atoms with Gasteiger partial charge in [0.25, 0.3) is 0 Å². The number of anilines is 1. The fourth-order valence-electron chi connectivity index (χ4n) is 2.15. The highest BCUT2D eigenvalue weighted by Crippen LogP contribution is 2.24. The number of aromatic amines is 1. The zero-order valence-corrected chi connectivity index (χ0v) is 13.1. The number of nitrogen functional groups attached to an aromatic ring is 1. The number of rotatable bonds is 4. The van der Waals surface area contributed by atoms with E-state index in [0.717, 1.165) is 16.8 Å². The van der Waals surface area contributed by atoms with E-state index >= 15 is 0 Å². The van der Waals surface area contributed by atoms with Crippen molar-refractivity contribution < 1.29 is 8.95 Å². The summed E-state index contributed by atoms with van der Waals surface area (Å²) in [5.74, 6) is 1.13. The van der Waals surface area contributed by atoms with Crippen LogP contribution in [0.2, 0.25) is 0 Å². The van der Waals surface area contributed by atoms with Gasteiger partial charge in [-0.25, -0.2) is 14.2 Å². The molecule has 1 aromatic carbocycles. The first-order valence-electron chi connectivity index (χ1n) is 6.85. The molecule has 2 heterocycles. The van der Waals surface area contributed by atoms with Gasteiger partial charge in [0.1, 0.15) is 22.4 Å². The maximum absolute atomic E-state index is 12.7. The zero-order valence-electron chi connectivity index (χ0n) is 12.3. The third kappa shape index (κ3) is 2.55. The number of aromatic nitrogens is 3. The van der Waals surface area contributed by atoms with Gasteiger partial charge in [0.05, 0.1) is 22.5 Å². The summed E-state index contributed by atoms with van der Waals surface area (Å²) in [7, 11) is -1.44. The van der Waals surface area contributed by atoms with E-state index in [-0.39, 0.29) is 0 Å². The minimum absolute atomic E-state index is 0.376. The normalized spacial score (nSPS) is 12.5. The molecule has 0 amide bonds. The molecule has 3 rings (SSSR count). The molecule has 0 aliphatic carbocycles. The largest absolute Gasteiger partial charge is 0.494 e. The Hall–Kier alpha value is -2.41. The molecule has 7 heteroatoms. The summed E-state index contributed by atoms with van der Waals surface area (Å²) in [4.78, 5) is 12.1. The van der Waals surface area contributed by atoms with Gasteiger partial charge in [-0.05, 0) is 32.0 Å². The Morgan fingerprint density at radius 2 is 2.18 bits per heavy atom. The minimum atomic E-state index is -1.44. The summed E-state index contributed by atoms with van der Waals surface area (Å²) in [6.45, 7) is 4.31. The maximum Gasteiger partial charge on any atom is 0.202 e. The van der Waals surface area contributed by atoms with Crippen molar-refractivity contribution in [3.8, 4) is 5.75 Å². The Kier molecular flexibility index (Phi) is 3.81. The Bertz CT molecular complexity index is 860. The van der Waals surface area contributed by atoms with E-state index in [9.17, 15) is 4.21 Å². The molecule has 0 saturated carbocycles. The first-order valence-corrected chi connectivity index (χ1v) is 8.00. The van der Waals surface area contributed by atoms with Crippen molar-refractivity contribution in [3.63, 3.8) is 0 Å². The lowest BCUT2D eigenvalue weighted by atomic mass is 10.3. The molecular formula is C15H16N4O2S. The molecule has 1 atom stereocenters. The van der Waals surface area contributed by atoms with Crippen LogP contribution in [0.25, 0.3) is 11.0 Å². The van der Waals surface area contributed by atoms with Crippen LogP contribution < -0.4 is 10.5 Å². The summed E-state index contributed by atoms with van der Waals surface area (Å²) in [6, 6.07) is 7.22. The number of nitrogens with zero attached hydrogens (tertiary/aromatic N) is 2. The third-order valence-electron chi connectivity index (χ3n) is 3.31. The standard InChI is InChI=1S/C15H16N4O2S/c1-3-21-10-4-5-11-12(8-10)19-15(18-11)22(20)13-6-7-17-14(16)9(13)2/h4-8H,3H2,1-2H3,(H2,16,17)(H,18,19). The predicted molar refractivity (Wildman–Crippen MR) is 85.3 cm³/mol. The second-order valence-electron chi connectivity index (χ2n) is 4.74. The molecule has 22 heavy (non-hydrogen) atoms. The van der Waals surface area contributed by atoms with E-state index in [1.54, 1.807) is 19.2 Å². The van der Waals surface area contributed by atoms with Gasteiger partial charge in [0.2, 0.25) is 5.16 Å². The second-order valence-corrected chi connectivity index (χ2v) is 6.11. The molecule has 0 aliphatic heterocycles. The van der Waals surface area contributed by atoms with Crippen molar-refractivity contribution in [3.05, 3.63) is 36.0 Å². The topological polar surface area (TPSA) is 93.9 Å². The van der Waals surface area contributed by atoms with Crippen LogP contribution in [0.1, 0.15) is 12.5 Å². The average Bonchev–Trinajstić information content (AvgIpc) is 2.93. The van der Waals surface area contributed by atoms with Crippen LogP contribution in [-0.4, -0.2) is 25.8 Å². The van der Waals surface area contributed by atoms with Gasteiger partial charge >= 0.3 is 0 Å². The maximum atomic E-state index is 12.7. The zero-order chi connectivity index (χ0) is 15.7. The molecule has 0 radical (unpaired) electrons. The molecule has 0 bridgehead atoms. The highest BCUT2D eigenvalue weighted by atomic mass is 32.2. The lowest BCUT2D eigenvalue weighted by Gasteiger charge is -2.04. The molecule has 114 valence electrons. The van der Waals surface area contributed by atoms with E-state index in [2.05, 4.69) is 15.0 Å². The monoisotopic (exact) mass is 316 g/mol. The Labute approximate surface area is 130 Å². The van der Waals surface area contributed by atoms with E-state index in [1.807, 2.05) is 25.1 Å². The van der Waals surface area contributed by atoms with Crippen molar-refractivity contribution in [2.24, 2.45) is 0 Å². The number of nitrogens with two attached hydrogens (primary N) is 1. The first-order chi connectivity index (χ1) is 10.6. The van der Waals surface area contributed by atoms with Crippen molar-refractivity contribution in [1.82, 2.24) is 15.0 Å². The van der Waals surface area contributed by atoms with Crippen LogP contribution in [0.3, 0.4) is 0 Å². The highest BCUT2D eigenvalue weighted by Gasteiger charge is 2.16. The molecule has 1 unspecified atom stereocenters. The molecule has 0 fully saturated rings. The van der Waals surface area contributed by atoms with Crippen molar-refractivity contribution >= 4 is 27.7 Å². The molecule has 0 aliphatic rings. The molecule has 0 spiro atoms. The molecule has 6 nitrogen and oxygen atoms in total. The van der Waals surface area contributed by atoms with Crippen molar-refractivity contribution in [1.29, 1.82) is 0 Å². The van der Waals surface area contributed by atoms with Crippen LogP contribution >= 0.6 is 0 Å². The number of pyridine rings is 1. The summed E-state index contributed by atoms with van der Waals surface area (Å²) < 4.78 is 18.2. The summed E-state index contributed by atoms with van der Waals surface area (Å²) in [6.07, 6.45) is 1.55. The van der Waals surface area contributed by atoms with Gasteiger partial charge in [-0.2, -0.15) is 0 Å². The van der Waals surface area contributed by atoms with Crippen LogP contribution in [0.4, 0.5) is 5.82 Å². The Balaban J connectivity index is 2.02. The van der Waals surface area contributed by atoms with Crippen LogP contribution in [0.15, 0.2) is 40.5 Å². The number of H-pyrrole nitrogens is 1. The van der Waals surface area contributed by atoms with Gasteiger partial charge in [-0.3, -0.25) is 0 Å². The number of benzene rings is 1. The minimum Gasteiger partial charge on any atom is -0.494 e. The van der Waals surface area contributed by atoms with E-state index < -0.39 is 10.8 Å². The summed E-state index contributed by atoms with van der Waals surface area (Å²) in [5.41, 5.74) is 8.01. The predicted octanol–water partition coefficient (Wildman–Crippen LogP) is 2.41. The van der Waals surface area contributed by atoms with E-state index in [1.165, 1.54) is 0 Å². The van der Waals surface area contributed by atoms with Crippen LogP contribution in [-0.2, 0) is 10.8 Å². The molecular weight excluding hydrogens is 300 g/mol. The van der Waals surface area contributed by atoms with Gasteiger partial charge in [0, 0.05) is 17.8 Å². The number of ether oxygens (including phenoxy) is 1. The number of hydrogen-bond acceptors (Lipinski definition) is 5. The lowest BCUT2D eigenvalue weighted by Crippen LogP contribution is -2.02. The van der Waals surface area contributed by atoms with E-state index in [0.29, 0.717) is 28.0 Å². The van der Waals surface area contributed by atoms with Gasteiger partial charge in [-0.15, -0.1) is 0 Å². The second kappa shape index (κ2) is 5.76. The molecule has 2 aromatic heterocycles. The highest BCUT2D eigenvalue weighted by molar-refractivity contribution is 7.85. The Morgan fingerprint density at radius 3 is 2.95 bits per heavy atom. The molecule has 3 N–H and O–H groups in total. The fraction of sp³-hybridized carbons (Fsp3) is 0.200. The Morgan fingerprint density at radius 1 is 1.36 bits per heavy atom. The number of imidazole rings is 1. The van der Waals surface area contributed by atoms with Crippen LogP contribution in [0, 0.1) is 6.92 Å². The SMILES string of the molecule is CCOc1ccc2nc(S(=O)c3ccnc(N)c3C)[nH]c2c1. The fourth-order valence-corrected chi connectivity index (χ4v) is 3.31. The number of fused-ring (bicyclic) bond motifs is 1.